The number of hydrogen-bond acceptors (Lipinski definition) is 4. The normalized spacial score (nSPS) is 14.4. The van der Waals surface area contributed by atoms with Gasteiger partial charge in [0, 0.05) is 27.2 Å². The molecule has 27 heavy (non-hydrogen) atoms. The highest BCUT2D eigenvalue weighted by Gasteiger charge is 2.27. The summed E-state index contributed by atoms with van der Waals surface area (Å²) in [6, 6.07) is 7.94. The molecule has 0 saturated heterocycles. The fourth-order valence-corrected chi connectivity index (χ4v) is 5.98. The minimum Gasteiger partial charge on any atom is -0.459 e. The van der Waals surface area contributed by atoms with Crippen molar-refractivity contribution in [2.75, 3.05) is 4.72 Å². The maximum Gasteiger partial charge on any atom is 0.263 e. The third kappa shape index (κ3) is 3.44. The molecule has 3 aromatic rings. The van der Waals surface area contributed by atoms with Crippen molar-refractivity contribution < 1.29 is 17.6 Å². The molecule has 5 nitrogen and oxygen atoms in total. The molecule has 0 amide bonds. The van der Waals surface area contributed by atoms with Crippen LogP contribution in [0.25, 0.3) is 11.0 Å². The Morgan fingerprint density at radius 3 is 2.67 bits per heavy atom. The average Bonchev–Trinajstić information content (AvgIpc) is 2.97. The first-order valence-corrected chi connectivity index (χ1v) is 11.5. The van der Waals surface area contributed by atoms with Gasteiger partial charge in [-0.2, -0.15) is 0 Å². The number of halogens is 3. The van der Waals surface area contributed by atoms with Gasteiger partial charge in [-0.15, -0.1) is 0 Å². The Kier molecular flexibility index (Phi) is 4.86. The predicted molar refractivity (Wildman–Crippen MR) is 111 cm³/mol. The number of ketones is 1. The largest absolute Gasteiger partial charge is 0.459 e. The van der Waals surface area contributed by atoms with Gasteiger partial charge in [-0.05, 0) is 52.7 Å². The van der Waals surface area contributed by atoms with Gasteiger partial charge in [-0.1, -0.05) is 27.5 Å². The summed E-state index contributed by atoms with van der Waals surface area (Å²) in [6.07, 6.45) is 1.85. The summed E-state index contributed by atoms with van der Waals surface area (Å²) in [4.78, 5) is 12.4. The van der Waals surface area contributed by atoms with E-state index in [-0.39, 0.29) is 21.4 Å². The highest BCUT2D eigenvalue weighted by molar-refractivity contribution is 9.11. The van der Waals surface area contributed by atoms with Gasteiger partial charge in [-0.3, -0.25) is 9.52 Å². The van der Waals surface area contributed by atoms with Crippen LogP contribution in [-0.2, 0) is 16.4 Å². The third-order valence-electron chi connectivity index (χ3n) is 4.34. The number of benzene rings is 2. The number of furan rings is 1. The van der Waals surface area contributed by atoms with Crippen LogP contribution in [0.2, 0.25) is 5.02 Å². The van der Waals surface area contributed by atoms with E-state index in [1.165, 1.54) is 12.1 Å². The molecule has 1 N–H and O–H groups in total. The Hall–Kier alpha value is -1.35. The van der Waals surface area contributed by atoms with Crippen molar-refractivity contribution in [1.29, 1.82) is 0 Å². The van der Waals surface area contributed by atoms with Gasteiger partial charge < -0.3 is 4.42 Å². The van der Waals surface area contributed by atoms with Crippen LogP contribution in [0.4, 0.5) is 5.69 Å². The fraction of sp³-hybridized carbons (Fsp3) is 0.167. The SMILES string of the molecule is O=C1CCCc2oc3c(Cl)cc(NS(=O)(=O)c4cc(Br)ccc4Br)cc3c21. The second-order valence-corrected chi connectivity index (χ2v) is 10.0. The number of nitrogens with one attached hydrogen (secondary N) is 1. The van der Waals surface area contributed by atoms with Crippen LogP contribution < -0.4 is 4.72 Å². The highest BCUT2D eigenvalue weighted by atomic mass is 79.9. The van der Waals surface area contributed by atoms with Crippen molar-refractivity contribution in [2.24, 2.45) is 0 Å². The number of carbonyl (C=O) groups is 1. The van der Waals surface area contributed by atoms with Crippen LogP contribution in [0.3, 0.4) is 0 Å². The van der Waals surface area contributed by atoms with Crippen molar-refractivity contribution in [2.45, 2.75) is 24.2 Å². The number of hydrogen-bond donors (Lipinski definition) is 1. The summed E-state index contributed by atoms with van der Waals surface area (Å²) in [6.45, 7) is 0. The van der Waals surface area contributed by atoms with Gasteiger partial charge in [0.2, 0.25) is 0 Å². The third-order valence-corrected chi connectivity index (χ3v) is 7.49. The van der Waals surface area contributed by atoms with Crippen LogP contribution >= 0.6 is 43.5 Å². The highest BCUT2D eigenvalue weighted by Crippen LogP contribution is 2.38. The molecule has 0 saturated carbocycles. The standard InChI is InChI=1S/C18H12Br2ClNO4S/c19-9-4-5-12(20)16(6-9)27(24,25)22-10-7-11-17-14(23)2-1-3-15(17)26-18(11)13(21)8-10/h4-8,22H,1-3H2. The van der Waals surface area contributed by atoms with Crippen molar-refractivity contribution >= 4 is 75.9 Å². The summed E-state index contributed by atoms with van der Waals surface area (Å²) in [5.74, 6) is 0.596. The van der Waals surface area contributed by atoms with E-state index < -0.39 is 10.0 Å². The van der Waals surface area contributed by atoms with Crippen LogP contribution in [0.5, 0.6) is 0 Å². The molecule has 0 bridgehead atoms. The van der Waals surface area contributed by atoms with Gasteiger partial charge in [0.15, 0.2) is 11.4 Å². The van der Waals surface area contributed by atoms with Gasteiger partial charge in [0.05, 0.1) is 16.3 Å². The van der Waals surface area contributed by atoms with Gasteiger partial charge >= 0.3 is 0 Å². The van der Waals surface area contributed by atoms with E-state index in [4.69, 9.17) is 16.0 Å². The molecular formula is C18H12Br2ClNO4S. The smallest absolute Gasteiger partial charge is 0.263 e. The van der Waals surface area contributed by atoms with Crippen molar-refractivity contribution in [1.82, 2.24) is 0 Å². The molecule has 0 fully saturated rings. The lowest BCUT2D eigenvalue weighted by molar-refractivity contribution is 0.0971. The van der Waals surface area contributed by atoms with E-state index in [0.29, 0.717) is 44.1 Å². The second-order valence-electron chi connectivity index (χ2n) is 6.19. The zero-order valence-corrected chi connectivity index (χ0v) is 18.4. The number of sulfonamides is 1. The van der Waals surface area contributed by atoms with E-state index >= 15 is 0 Å². The van der Waals surface area contributed by atoms with E-state index in [0.717, 1.165) is 6.42 Å². The number of Topliss-reactive ketones (excluding diaryl/α,β-unsaturated/α-hetero) is 1. The van der Waals surface area contributed by atoms with Crippen LogP contribution in [0, 0.1) is 0 Å². The number of anilines is 1. The average molecular weight is 534 g/mol. The van der Waals surface area contributed by atoms with Crippen LogP contribution in [0.1, 0.15) is 29.0 Å². The zero-order chi connectivity index (χ0) is 19.3. The molecule has 0 radical (unpaired) electrons. The molecule has 4 rings (SSSR count). The summed E-state index contributed by atoms with van der Waals surface area (Å²) in [7, 11) is -3.87. The summed E-state index contributed by atoms with van der Waals surface area (Å²) < 4.78 is 35.0. The summed E-state index contributed by atoms with van der Waals surface area (Å²) >= 11 is 12.8. The molecule has 1 aromatic heterocycles. The summed E-state index contributed by atoms with van der Waals surface area (Å²) in [5.41, 5.74) is 1.17. The Morgan fingerprint density at radius 1 is 1.11 bits per heavy atom. The van der Waals surface area contributed by atoms with Crippen LogP contribution in [0.15, 0.2) is 48.6 Å². The molecule has 0 spiro atoms. The van der Waals surface area contributed by atoms with Gasteiger partial charge in [-0.25, -0.2) is 8.42 Å². The summed E-state index contributed by atoms with van der Waals surface area (Å²) in [5, 5.41) is 0.786. The molecule has 1 aliphatic rings. The Balaban J connectivity index is 1.82. The molecule has 1 heterocycles. The lowest BCUT2D eigenvalue weighted by atomic mass is 9.94. The van der Waals surface area contributed by atoms with Crippen molar-refractivity contribution in [3.8, 4) is 0 Å². The van der Waals surface area contributed by atoms with E-state index in [1.54, 1.807) is 18.2 Å². The Labute approximate surface area is 177 Å². The molecule has 2 aromatic carbocycles. The first-order valence-electron chi connectivity index (χ1n) is 8.02. The van der Waals surface area contributed by atoms with E-state index in [2.05, 4.69) is 36.6 Å². The number of rotatable bonds is 3. The first kappa shape index (κ1) is 19.0. The number of aryl methyl sites for hydroxylation is 1. The topological polar surface area (TPSA) is 76.4 Å². The van der Waals surface area contributed by atoms with Gasteiger partial charge in [0.1, 0.15) is 10.7 Å². The van der Waals surface area contributed by atoms with E-state index in [1.807, 2.05) is 0 Å². The quantitative estimate of drug-likeness (QED) is 0.453. The first-order chi connectivity index (χ1) is 12.8. The lowest BCUT2D eigenvalue weighted by Gasteiger charge is -2.11. The van der Waals surface area contributed by atoms with Crippen molar-refractivity contribution in [3.63, 3.8) is 0 Å². The van der Waals surface area contributed by atoms with Crippen LogP contribution in [-0.4, -0.2) is 14.2 Å². The molecule has 0 unspecified atom stereocenters. The maximum absolute atomic E-state index is 12.8. The molecule has 1 aliphatic carbocycles. The fourth-order valence-electron chi connectivity index (χ4n) is 3.18. The minimum atomic E-state index is -3.87. The lowest BCUT2D eigenvalue weighted by Crippen LogP contribution is -2.14. The predicted octanol–water partition coefficient (Wildman–Crippen LogP) is 5.93. The molecule has 9 heteroatoms. The zero-order valence-electron chi connectivity index (χ0n) is 13.7. The second kappa shape index (κ2) is 6.92. The minimum absolute atomic E-state index is 0.0131. The molecular weight excluding hydrogens is 522 g/mol. The monoisotopic (exact) mass is 531 g/mol. The molecule has 0 atom stereocenters. The molecule has 0 aliphatic heterocycles. The number of fused-ring (bicyclic) bond motifs is 3. The van der Waals surface area contributed by atoms with Gasteiger partial charge in [0.25, 0.3) is 10.0 Å². The maximum atomic E-state index is 12.8. The van der Waals surface area contributed by atoms with Crippen molar-refractivity contribution in [3.05, 3.63) is 55.6 Å². The Morgan fingerprint density at radius 2 is 1.89 bits per heavy atom. The molecule has 140 valence electrons. The number of carbonyl (C=O) groups excluding carboxylic acids is 1. The Bertz CT molecular complexity index is 1200. The van der Waals surface area contributed by atoms with E-state index in [9.17, 15) is 13.2 Å².